The van der Waals surface area contributed by atoms with Crippen molar-refractivity contribution >= 4 is 49.6 Å². The van der Waals surface area contributed by atoms with Gasteiger partial charge in [-0.15, -0.1) is 0 Å². The SMILES string of the molecule is C[C@@H](CC/C=C/C(=O)O)[C@H](OC(=O)Nc1ccc(C#N)cc1)c1cc(Br)cc(Br)c1O. The third kappa shape index (κ3) is 7.42. The highest BCUT2D eigenvalue weighted by Crippen LogP contribution is 2.40. The standard InChI is InChI=1S/C22H20Br2N2O5/c1-13(4-2-3-5-19(27)28)21(17-10-15(23)11-18(24)20(17)29)31-22(30)26-16-8-6-14(12-25)7-9-16/h3,5-11,13,21,29H,2,4H2,1H3,(H,26,30)(H,27,28)/b5-3+/t13-,21-/m0/s1. The molecule has 3 N–H and O–H groups in total. The number of rotatable bonds is 8. The summed E-state index contributed by atoms with van der Waals surface area (Å²) in [5, 5.41) is 30.8. The second kappa shape index (κ2) is 11.5. The van der Waals surface area contributed by atoms with Crippen molar-refractivity contribution in [3.8, 4) is 11.8 Å². The van der Waals surface area contributed by atoms with Crippen molar-refractivity contribution in [2.24, 2.45) is 5.92 Å². The van der Waals surface area contributed by atoms with Crippen LogP contribution in [0, 0.1) is 17.2 Å². The van der Waals surface area contributed by atoms with Crippen LogP contribution in [0.2, 0.25) is 0 Å². The molecule has 31 heavy (non-hydrogen) atoms. The van der Waals surface area contributed by atoms with Crippen molar-refractivity contribution in [3.63, 3.8) is 0 Å². The number of carboxylic acids is 1. The highest BCUT2D eigenvalue weighted by atomic mass is 79.9. The molecule has 0 radical (unpaired) electrons. The number of carbonyl (C=O) groups is 2. The van der Waals surface area contributed by atoms with Gasteiger partial charge in [0.15, 0.2) is 0 Å². The first-order valence-electron chi connectivity index (χ1n) is 9.26. The van der Waals surface area contributed by atoms with Gasteiger partial charge in [-0.1, -0.05) is 28.9 Å². The van der Waals surface area contributed by atoms with Gasteiger partial charge < -0.3 is 14.9 Å². The van der Waals surface area contributed by atoms with Gasteiger partial charge >= 0.3 is 12.1 Å². The van der Waals surface area contributed by atoms with Crippen LogP contribution in [0.4, 0.5) is 10.5 Å². The summed E-state index contributed by atoms with van der Waals surface area (Å²) in [6, 6.07) is 11.7. The van der Waals surface area contributed by atoms with Crippen LogP contribution in [0.15, 0.2) is 57.5 Å². The molecular formula is C22H20Br2N2O5. The zero-order valence-corrected chi connectivity index (χ0v) is 19.7. The zero-order chi connectivity index (χ0) is 23.0. The summed E-state index contributed by atoms with van der Waals surface area (Å²) in [5.41, 5.74) is 1.33. The zero-order valence-electron chi connectivity index (χ0n) is 16.5. The molecule has 162 valence electrons. The van der Waals surface area contributed by atoms with Crippen LogP contribution in [0.1, 0.15) is 37.0 Å². The van der Waals surface area contributed by atoms with E-state index in [1.165, 1.54) is 6.08 Å². The number of benzene rings is 2. The second-order valence-electron chi connectivity index (χ2n) is 6.76. The Bertz CT molecular complexity index is 1020. The van der Waals surface area contributed by atoms with Crippen molar-refractivity contribution in [1.82, 2.24) is 0 Å². The predicted octanol–water partition coefficient (Wildman–Crippen LogP) is 6.14. The Morgan fingerprint density at radius 3 is 2.55 bits per heavy atom. The number of halogens is 2. The minimum Gasteiger partial charge on any atom is -0.506 e. The number of aromatic hydroxyl groups is 1. The number of aliphatic carboxylic acids is 1. The van der Waals surface area contributed by atoms with E-state index in [1.807, 2.05) is 13.0 Å². The molecule has 2 aromatic rings. The average molecular weight is 552 g/mol. The third-order valence-electron chi connectivity index (χ3n) is 4.42. The van der Waals surface area contributed by atoms with Gasteiger partial charge in [-0.2, -0.15) is 5.26 Å². The largest absolute Gasteiger partial charge is 0.506 e. The van der Waals surface area contributed by atoms with Crippen LogP contribution in [0.5, 0.6) is 5.75 Å². The molecule has 0 fully saturated rings. The lowest BCUT2D eigenvalue weighted by Gasteiger charge is -2.26. The summed E-state index contributed by atoms with van der Waals surface area (Å²) in [7, 11) is 0. The Morgan fingerprint density at radius 1 is 1.26 bits per heavy atom. The van der Waals surface area contributed by atoms with Gasteiger partial charge in [-0.05, 0) is 71.1 Å². The number of phenols is 1. The lowest BCUT2D eigenvalue weighted by Crippen LogP contribution is -2.22. The summed E-state index contributed by atoms with van der Waals surface area (Å²) in [6.07, 6.45) is 2.04. The smallest absolute Gasteiger partial charge is 0.412 e. The molecule has 2 aromatic carbocycles. The summed E-state index contributed by atoms with van der Waals surface area (Å²) in [6.45, 7) is 1.85. The van der Waals surface area contributed by atoms with Gasteiger partial charge in [0.2, 0.25) is 0 Å². The van der Waals surface area contributed by atoms with Crippen molar-refractivity contribution in [2.75, 3.05) is 5.32 Å². The molecule has 0 spiro atoms. The molecule has 0 aromatic heterocycles. The number of allylic oxidation sites excluding steroid dienone is 1. The molecule has 9 heteroatoms. The minimum atomic E-state index is -1.03. The van der Waals surface area contributed by atoms with E-state index < -0.39 is 18.2 Å². The fourth-order valence-electron chi connectivity index (χ4n) is 2.87. The molecule has 0 aliphatic rings. The Morgan fingerprint density at radius 2 is 1.94 bits per heavy atom. The number of ether oxygens (including phenoxy) is 1. The number of phenolic OH excluding ortho intramolecular Hbond substituents is 1. The molecule has 2 atom stereocenters. The minimum absolute atomic E-state index is 0.0488. The second-order valence-corrected chi connectivity index (χ2v) is 8.53. The Kier molecular flexibility index (Phi) is 9.09. The summed E-state index contributed by atoms with van der Waals surface area (Å²) in [4.78, 5) is 23.2. The molecule has 0 saturated heterocycles. The highest BCUT2D eigenvalue weighted by Gasteiger charge is 2.27. The van der Waals surface area contributed by atoms with Gasteiger partial charge in [0.1, 0.15) is 11.9 Å². The first kappa shape index (κ1) is 24.4. The van der Waals surface area contributed by atoms with Gasteiger partial charge in [0.05, 0.1) is 16.1 Å². The maximum Gasteiger partial charge on any atom is 0.412 e. The van der Waals surface area contributed by atoms with E-state index in [0.717, 1.165) is 6.08 Å². The van der Waals surface area contributed by atoms with E-state index in [1.54, 1.807) is 36.4 Å². The maximum absolute atomic E-state index is 12.6. The molecular weight excluding hydrogens is 532 g/mol. The molecule has 0 saturated carbocycles. The molecule has 0 heterocycles. The third-order valence-corrected chi connectivity index (χ3v) is 5.49. The van der Waals surface area contributed by atoms with Crippen molar-refractivity contribution in [2.45, 2.75) is 25.9 Å². The van der Waals surface area contributed by atoms with Crippen LogP contribution in [0.25, 0.3) is 0 Å². The maximum atomic E-state index is 12.6. The van der Waals surface area contributed by atoms with Gasteiger partial charge in [-0.3, -0.25) is 5.32 Å². The quantitative estimate of drug-likeness (QED) is 0.339. The van der Waals surface area contributed by atoms with Gasteiger partial charge in [-0.25, -0.2) is 9.59 Å². The van der Waals surface area contributed by atoms with E-state index in [9.17, 15) is 14.7 Å². The fourth-order valence-corrected chi connectivity index (χ4v) is 4.13. The van der Waals surface area contributed by atoms with Crippen LogP contribution in [-0.2, 0) is 9.53 Å². The van der Waals surface area contributed by atoms with E-state index in [4.69, 9.17) is 15.1 Å². The molecule has 2 rings (SSSR count). The van der Waals surface area contributed by atoms with Crippen LogP contribution < -0.4 is 5.32 Å². The number of hydrogen-bond acceptors (Lipinski definition) is 5. The number of hydrogen-bond donors (Lipinski definition) is 3. The van der Waals surface area contributed by atoms with Crippen LogP contribution in [-0.4, -0.2) is 22.3 Å². The van der Waals surface area contributed by atoms with E-state index in [-0.39, 0.29) is 11.7 Å². The van der Waals surface area contributed by atoms with Crippen LogP contribution in [0.3, 0.4) is 0 Å². The van der Waals surface area contributed by atoms with Crippen molar-refractivity contribution in [1.29, 1.82) is 5.26 Å². The normalized spacial score (nSPS) is 12.7. The lowest BCUT2D eigenvalue weighted by molar-refractivity contribution is -0.131. The number of nitriles is 1. The van der Waals surface area contributed by atoms with Crippen molar-refractivity contribution < 1.29 is 24.5 Å². The molecule has 0 aliphatic carbocycles. The van der Waals surface area contributed by atoms with Gasteiger partial charge in [0.25, 0.3) is 0 Å². The molecule has 1 amide bonds. The number of anilines is 1. The van der Waals surface area contributed by atoms with Crippen LogP contribution >= 0.6 is 31.9 Å². The first-order valence-corrected chi connectivity index (χ1v) is 10.8. The molecule has 0 bridgehead atoms. The first-order chi connectivity index (χ1) is 14.7. The monoisotopic (exact) mass is 550 g/mol. The number of amides is 1. The molecule has 0 aliphatic heterocycles. The number of carboxylic acid groups (broad SMARTS) is 1. The van der Waals surface area contributed by atoms with E-state index in [0.29, 0.717) is 38.6 Å². The summed E-state index contributed by atoms with van der Waals surface area (Å²) in [5.74, 6) is -1.32. The Hall–Kier alpha value is -2.83. The fraction of sp³-hybridized carbons (Fsp3) is 0.227. The Labute approximate surface area is 196 Å². The Balaban J connectivity index is 2.23. The summed E-state index contributed by atoms with van der Waals surface area (Å²) < 4.78 is 6.80. The summed E-state index contributed by atoms with van der Waals surface area (Å²) >= 11 is 6.67. The number of carbonyl (C=O) groups excluding carboxylic acids is 1. The molecule has 0 unspecified atom stereocenters. The average Bonchev–Trinajstić information content (AvgIpc) is 2.72. The van der Waals surface area contributed by atoms with Crippen molar-refractivity contribution in [3.05, 3.63) is 68.6 Å². The number of nitrogens with zero attached hydrogens (tertiary/aromatic N) is 1. The molecule has 7 nitrogen and oxygen atoms in total. The van der Waals surface area contributed by atoms with Gasteiger partial charge in [0, 0.05) is 21.8 Å². The topological polar surface area (TPSA) is 120 Å². The van der Waals surface area contributed by atoms with E-state index in [2.05, 4.69) is 37.2 Å². The lowest BCUT2D eigenvalue weighted by atomic mass is 9.92. The number of nitrogens with one attached hydrogen (secondary N) is 1. The highest BCUT2D eigenvalue weighted by molar-refractivity contribution is 9.11. The predicted molar refractivity (Wildman–Crippen MR) is 123 cm³/mol. The van der Waals surface area contributed by atoms with E-state index >= 15 is 0 Å².